The fourth-order valence-corrected chi connectivity index (χ4v) is 8.93. The number of piperidine rings is 2. The number of nitrogens with zero attached hydrogens (tertiary/aromatic N) is 10. The topological polar surface area (TPSA) is 143 Å². The van der Waals surface area contributed by atoms with E-state index >= 15 is 0 Å². The van der Waals surface area contributed by atoms with Gasteiger partial charge in [0, 0.05) is 99.9 Å². The van der Waals surface area contributed by atoms with Crippen molar-refractivity contribution >= 4 is 58.4 Å². The number of fused-ring (bicyclic) bond motifs is 4. The zero-order valence-electron chi connectivity index (χ0n) is 37.1. The van der Waals surface area contributed by atoms with Crippen molar-refractivity contribution in [3.63, 3.8) is 0 Å². The average Bonchev–Trinajstić information content (AvgIpc) is 3.68. The molecule has 0 aromatic carbocycles. The lowest BCUT2D eigenvalue weighted by Crippen LogP contribution is -2.48. The van der Waals surface area contributed by atoms with Gasteiger partial charge in [-0.05, 0) is 91.5 Å². The van der Waals surface area contributed by atoms with E-state index in [4.69, 9.17) is 32.7 Å². The predicted octanol–water partition coefficient (Wildman–Crippen LogP) is 10.1. The van der Waals surface area contributed by atoms with Crippen LogP contribution in [0.25, 0.3) is 0 Å². The monoisotopic (exact) mass is 930 g/mol. The highest BCUT2D eigenvalue weighted by atomic mass is 35.5. The molecule has 4 aromatic rings. The van der Waals surface area contributed by atoms with Crippen LogP contribution in [0, 0.1) is 0 Å². The van der Waals surface area contributed by atoms with Crippen molar-refractivity contribution < 1.29 is 36.6 Å². The van der Waals surface area contributed by atoms with Gasteiger partial charge in [0.15, 0.2) is 0 Å². The number of amides is 2. The van der Waals surface area contributed by atoms with Gasteiger partial charge in [-0.3, -0.25) is 0 Å². The normalized spacial score (nSPS) is 18.1. The second-order valence-electron chi connectivity index (χ2n) is 19.0. The first-order valence-corrected chi connectivity index (χ1v) is 21.8. The number of carbonyl (C=O) groups excluding carboxylic acids is 2. The van der Waals surface area contributed by atoms with Gasteiger partial charge < -0.3 is 29.1 Å². The largest absolute Gasteiger partial charge is 0.444 e. The molecule has 0 atom stereocenters. The van der Waals surface area contributed by atoms with Crippen molar-refractivity contribution in [2.45, 2.75) is 115 Å². The number of carbonyl (C=O) groups is 2. The third-order valence-corrected chi connectivity index (χ3v) is 12.1. The quantitative estimate of drug-likeness (QED) is 0.142. The van der Waals surface area contributed by atoms with Crippen LogP contribution < -0.4 is 9.80 Å². The minimum Gasteiger partial charge on any atom is -0.444 e. The van der Waals surface area contributed by atoms with Gasteiger partial charge in [-0.25, -0.2) is 39.5 Å². The first kappa shape index (κ1) is 46.9. The molecule has 344 valence electrons. The summed E-state index contributed by atoms with van der Waals surface area (Å²) < 4.78 is 66.4. The Hall–Kier alpha value is -5.10. The number of pyridine rings is 2. The summed E-state index contributed by atoms with van der Waals surface area (Å²) >= 11 is 12.3. The number of anilines is 4. The van der Waals surface area contributed by atoms with Crippen molar-refractivity contribution in [2.75, 3.05) is 49.1 Å². The number of ether oxygens (including phenoxy) is 2. The van der Waals surface area contributed by atoms with Gasteiger partial charge in [0.1, 0.15) is 33.1 Å². The Bertz CT molecular complexity index is 2220. The van der Waals surface area contributed by atoms with Crippen LogP contribution in [0.15, 0.2) is 49.1 Å². The van der Waals surface area contributed by atoms with Crippen molar-refractivity contribution in [1.29, 1.82) is 0 Å². The molecule has 2 saturated heterocycles. The lowest BCUT2D eigenvalue weighted by atomic mass is 9.75. The number of likely N-dealkylation sites (tertiary alicyclic amines) is 2. The van der Waals surface area contributed by atoms with Crippen LogP contribution in [-0.4, -0.2) is 102 Å². The van der Waals surface area contributed by atoms with E-state index in [1.165, 1.54) is 12.4 Å². The molecule has 0 radical (unpaired) electrons. The smallest absolute Gasteiger partial charge is 0.410 e. The van der Waals surface area contributed by atoms with Crippen molar-refractivity contribution in [3.8, 4) is 0 Å². The highest BCUT2D eigenvalue weighted by molar-refractivity contribution is 6.30. The molecule has 4 aliphatic rings. The summed E-state index contributed by atoms with van der Waals surface area (Å²) in [7, 11) is 0. The minimum atomic E-state index is -3.15. The standard InChI is InChI=1S/2C22H26ClF2N5O2/c2*1-20(2,3)32-19(31)29-9-6-22(7-10-29)13-30(15-11-16(23)27-12-14(15)22)17-5-8-26-18(28-17)21(4,24)25/h2*5,8,11-12H,6-7,9-10,13H2,1-4H3. The van der Waals surface area contributed by atoms with E-state index in [0.29, 0.717) is 86.9 Å². The third-order valence-electron chi connectivity index (χ3n) is 11.7. The average molecular weight is 932 g/mol. The van der Waals surface area contributed by atoms with Crippen LogP contribution in [0.4, 0.5) is 50.2 Å². The SMILES string of the molecule is CC(C)(C)OC(=O)N1CCC2(CC1)CN(c1ccnc(C(C)(F)F)n1)c1cc(Cl)ncc12.CC(C)(C)OC(=O)N1CCC2(CC1)CN(c1ccnc(C(C)(F)F)n1)c1cc(Cl)ncc12. The summed E-state index contributed by atoms with van der Waals surface area (Å²) in [6.07, 6.45) is 8.24. The molecule has 2 fully saturated rings. The molecule has 8 heterocycles. The van der Waals surface area contributed by atoms with Crippen LogP contribution >= 0.6 is 23.2 Å². The van der Waals surface area contributed by atoms with Crippen LogP contribution in [0.1, 0.15) is 104 Å². The first-order chi connectivity index (χ1) is 29.8. The summed E-state index contributed by atoms with van der Waals surface area (Å²) in [6.45, 7) is 15.7. The molecule has 0 unspecified atom stereocenters. The fourth-order valence-electron chi connectivity index (χ4n) is 8.62. The lowest BCUT2D eigenvalue weighted by molar-refractivity contribution is 0.00718. The molecule has 2 amide bonds. The molecule has 4 aromatic heterocycles. The summed E-state index contributed by atoms with van der Waals surface area (Å²) in [5.74, 6) is -6.59. The second kappa shape index (κ2) is 17.0. The fraction of sp³-hybridized carbons (Fsp3) is 0.545. The molecular weight excluding hydrogens is 879 g/mol. The van der Waals surface area contributed by atoms with Crippen LogP contribution in [0.5, 0.6) is 0 Å². The van der Waals surface area contributed by atoms with Crippen LogP contribution in [0.3, 0.4) is 0 Å². The van der Waals surface area contributed by atoms with Crippen LogP contribution in [0.2, 0.25) is 10.3 Å². The Kier molecular flexibility index (Phi) is 12.5. The van der Waals surface area contributed by atoms with Crippen molar-refractivity contribution in [3.05, 3.63) is 82.1 Å². The number of halogens is 6. The van der Waals surface area contributed by atoms with E-state index < -0.39 is 34.7 Å². The number of hydrogen-bond donors (Lipinski definition) is 0. The first-order valence-electron chi connectivity index (χ1n) is 21.0. The molecule has 0 saturated carbocycles. The summed E-state index contributed by atoms with van der Waals surface area (Å²) in [6, 6.07) is 6.69. The summed E-state index contributed by atoms with van der Waals surface area (Å²) in [5, 5.41) is 0.624. The summed E-state index contributed by atoms with van der Waals surface area (Å²) in [5.41, 5.74) is 1.82. The van der Waals surface area contributed by atoms with Gasteiger partial charge in [0.2, 0.25) is 11.6 Å². The van der Waals surface area contributed by atoms with Gasteiger partial charge in [-0.1, -0.05) is 23.2 Å². The van der Waals surface area contributed by atoms with Gasteiger partial charge >= 0.3 is 24.0 Å². The Morgan fingerprint density at radius 2 is 0.938 bits per heavy atom. The molecule has 4 aliphatic heterocycles. The highest BCUT2D eigenvalue weighted by Gasteiger charge is 2.49. The molecule has 2 spiro atoms. The maximum Gasteiger partial charge on any atom is 0.410 e. The van der Waals surface area contributed by atoms with E-state index in [1.54, 1.807) is 46.5 Å². The van der Waals surface area contributed by atoms with E-state index in [1.807, 2.05) is 51.3 Å². The third kappa shape index (κ3) is 10.1. The van der Waals surface area contributed by atoms with E-state index in [0.717, 1.165) is 36.3 Å². The molecular formula is C44H52Cl2F4N10O4. The predicted molar refractivity (Wildman–Crippen MR) is 233 cm³/mol. The molecule has 8 rings (SSSR count). The van der Waals surface area contributed by atoms with Crippen molar-refractivity contribution in [1.82, 2.24) is 39.7 Å². The molecule has 0 N–H and O–H groups in total. The van der Waals surface area contributed by atoms with Crippen LogP contribution in [-0.2, 0) is 32.1 Å². The molecule has 64 heavy (non-hydrogen) atoms. The maximum atomic E-state index is 13.8. The molecule has 0 aliphatic carbocycles. The Labute approximate surface area is 379 Å². The van der Waals surface area contributed by atoms with Gasteiger partial charge in [-0.2, -0.15) is 17.6 Å². The number of hydrogen-bond acceptors (Lipinski definition) is 12. The second-order valence-corrected chi connectivity index (χ2v) is 19.7. The zero-order chi connectivity index (χ0) is 46.6. The Morgan fingerprint density at radius 1 is 0.594 bits per heavy atom. The molecule has 20 heteroatoms. The summed E-state index contributed by atoms with van der Waals surface area (Å²) in [4.78, 5) is 56.5. The molecule has 0 bridgehead atoms. The van der Waals surface area contributed by atoms with Gasteiger partial charge in [0.25, 0.3) is 0 Å². The Morgan fingerprint density at radius 3 is 1.25 bits per heavy atom. The maximum absolute atomic E-state index is 13.8. The number of rotatable bonds is 4. The van der Waals surface area contributed by atoms with Crippen molar-refractivity contribution in [2.24, 2.45) is 0 Å². The molecule has 14 nitrogen and oxygen atoms in total. The highest BCUT2D eigenvalue weighted by Crippen LogP contribution is 2.51. The van der Waals surface area contributed by atoms with Gasteiger partial charge in [-0.15, -0.1) is 0 Å². The van der Waals surface area contributed by atoms with E-state index in [9.17, 15) is 27.2 Å². The van der Waals surface area contributed by atoms with E-state index in [-0.39, 0.29) is 23.0 Å². The van der Waals surface area contributed by atoms with Gasteiger partial charge in [0.05, 0.1) is 11.4 Å². The lowest BCUT2D eigenvalue weighted by Gasteiger charge is -2.40. The minimum absolute atomic E-state index is 0.300. The zero-order valence-corrected chi connectivity index (χ0v) is 38.6. The number of alkyl halides is 4. The Balaban J connectivity index is 0.000000191. The number of aromatic nitrogens is 6. The van der Waals surface area contributed by atoms with E-state index in [2.05, 4.69) is 29.9 Å².